The van der Waals surface area contributed by atoms with Gasteiger partial charge >= 0.3 is 6.09 Å². The third kappa shape index (κ3) is 4.97. The van der Waals surface area contributed by atoms with Gasteiger partial charge in [0.25, 0.3) is 5.19 Å². The van der Waals surface area contributed by atoms with Crippen LogP contribution in [0.1, 0.15) is 6.42 Å². The van der Waals surface area contributed by atoms with Gasteiger partial charge in [-0.1, -0.05) is 27.3 Å². The van der Waals surface area contributed by atoms with Gasteiger partial charge in [0, 0.05) is 24.5 Å². The fourth-order valence-corrected chi connectivity index (χ4v) is 2.50. The van der Waals surface area contributed by atoms with Crippen molar-refractivity contribution in [1.29, 1.82) is 0 Å². The van der Waals surface area contributed by atoms with Crippen molar-refractivity contribution in [3.8, 4) is 22.2 Å². The highest BCUT2D eigenvalue weighted by molar-refractivity contribution is 9.09. The maximum atomic E-state index is 10.7. The number of alkyl halides is 1. The predicted octanol–water partition coefficient (Wildman–Crippen LogP) is 3.40. The van der Waals surface area contributed by atoms with Crippen molar-refractivity contribution in [3.63, 3.8) is 0 Å². The van der Waals surface area contributed by atoms with Gasteiger partial charge in [-0.3, -0.25) is 0 Å². The minimum absolute atomic E-state index is 0.00884. The quantitative estimate of drug-likeness (QED) is 0.737. The van der Waals surface area contributed by atoms with Crippen LogP contribution < -0.4 is 15.2 Å². The van der Waals surface area contributed by atoms with Crippen LogP contribution in [-0.2, 0) is 4.74 Å². The normalized spacial score (nSPS) is 11.9. The van der Waals surface area contributed by atoms with E-state index < -0.39 is 6.09 Å². The standard InChI is InChI=1S/C14H15BrN2O4S/c1-19-12(15)6-7-20-10-4-2-9(3-5-10)11-8-22-14(17-11)21-13(16)18/h2-5,8,12H,6-7H2,1H3,(H2,16,18). The van der Waals surface area contributed by atoms with E-state index in [1.54, 1.807) is 12.5 Å². The topological polar surface area (TPSA) is 83.7 Å². The van der Waals surface area contributed by atoms with Gasteiger partial charge in [-0.05, 0) is 24.3 Å². The molecule has 0 aliphatic carbocycles. The van der Waals surface area contributed by atoms with Gasteiger partial charge < -0.3 is 19.9 Å². The molecule has 1 aromatic carbocycles. The van der Waals surface area contributed by atoms with Gasteiger partial charge in [-0.25, -0.2) is 9.78 Å². The molecule has 118 valence electrons. The Hall–Kier alpha value is -1.64. The third-order valence-electron chi connectivity index (χ3n) is 2.69. The molecule has 0 fully saturated rings. The Balaban J connectivity index is 1.93. The lowest BCUT2D eigenvalue weighted by molar-refractivity contribution is 0.151. The number of hydrogen-bond donors (Lipinski definition) is 1. The number of nitrogens with zero attached hydrogens (tertiary/aromatic N) is 1. The van der Waals surface area contributed by atoms with Gasteiger partial charge in [0.2, 0.25) is 0 Å². The fraction of sp³-hybridized carbons (Fsp3) is 0.286. The highest BCUT2D eigenvalue weighted by atomic mass is 79.9. The Kier molecular flexibility index (Phi) is 6.17. The molecular weight excluding hydrogens is 372 g/mol. The lowest BCUT2D eigenvalue weighted by Gasteiger charge is -2.09. The molecule has 2 N–H and O–H groups in total. The number of benzene rings is 1. The number of nitrogens with two attached hydrogens (primary N) is 1. The van der Waals surface area contributed by atoms with Gasteiger partial charge in [0.05, 0.1) is 12.3 Å². The first-order valence-electron chi connectivity index (χ1n) is 6.41. The van der Waals surface area contributed by atoms with E-state index in [1.165, 1.54) is 11.3 Å². The van der Waals surface area contributed by atoms with E-state index in [-0.39, 0.29) is 10.2 Å². The maximum absolute atomic E-state index is 10.7. The fourth-order valence-electron chi connectivity index (χ4n) is 1.63. The first-order valence-corrected chi connectivity index (χ1v) is 8.21. The van der Waals surface area contributed by atoms with E-state index in [9.17, 15) is 4.79 Å². The second-order valence-electron chi connectivity index (χ2n) is 4.23. The van der Waals surface area contributed by atoms with Crippen molar-refractivity contribution in [2.45, 2.75) is 11.4 Å². The SMILES string of the molecule is COC(Br)CCOc1ccc(-c2csc(OC(N)=O)n2)cc1. The van der Waals surface area contributed by atoms with E-state index in [1.807, 2.05) is 24.3 Å². The second-order valence-corrected chi connectivity index (χ2v) is 6.07. The number of ether oxygens (including phenoxy) is 3. The van der Waals surface area contributed by atoms with Crippen LogP contribution >= 0.6 is 27.3 Å². The molecule has 1 unspecified atom stereocenters. The molecular formula is C14H15BrN2O4S. The van der Waals surface area contributed by atoms with Crippen LogP contribution in [0.15, 0.2) is 29.6 Å². The Morgan fingerprint density at radius 3 is 2.77 bits per heavy atom. The first-order chi connectivity index (χ1) is 10.6. The third-order valence-corrected chi connectivity index (χ3v) is 4.24. The smallest absolute Gasteiger partial charge is 0.411 e. The zero-order valence-electron chi connectivity index (χ0n) is 11.8. The number of carbonyl (C=O) groups excluding carboxylic acids is 1. The molecule has 0 spiro atoms. The van der Waals surface area contributed by atoms with E-state index in [2.05, 4.69) is 20.9 Å². The minimum atomic E-state index is -0.870. The Labute approximate surface area is 140 Å². The molecule has 6 nitrogen and oxygen atoms in total. The molecule has 0 aliphatic rings. The summed E-state index contributed by atoms with van der Waals surface area (Å²) in [5.41, 5.74) is 6.56. The summed E-state index contributed by atoms with van der Waals surface area (Å²) in [4.78, 5) is 14.8. The van der Waals surface area contributed by atoms with Crippen molar-refractivity contribution in [1.82, 2.24) is 4.98 Å². The highest BCUT2D eigenvalue weighted by Gasteiger charge is 2.08. The summed E-state index contributed by atoms with van der Waals surface area (Å²) in [6.45, 7) is 0.552. The van der Waals surface area contributed by atoms with Crippen LogP contribution in [-0.4, -0.2) is 29.8 Å². The summed E-state index contributed by atoms with van der Waals surface area (Å²) in [5.74, 6) is 0.767. The largest absolute Gasteiger partial charge is 0.493 e. The molecule has 22 heavy (non-hydrogen) atoms. The summed E-state index contributed by atoms with van der Waals surface area (Å²) in [7, 11) is 1.64. The number of hydrogen-bond acceptors (Lipinski definition) is 6. The van der Waals surface area contributed by atoms with Crippen LogP contribution in [0, 0.1) is 0 Å². The zero-order chi connectivity index (χ0) is 15.9. The molecule has 8 heteroatoms. The molecule has 0 saturated heterocycles. The summed E-state index contributed by atoms with van der Waals surface area (Å²) < 4.78 is 15.4. The number of methoxy groups -OCH3 is 1. The Bertz CT molecular complexity index is 618. The minimum Gasteiger partial charge on any atom is -0.493 e. The summed E-state index contributed by atoms with van der Waals surface area (Å²) in [6, 6.07) is 7.50. The van der Waals surface area contributed by atoms with Crippen molar-refractivity contribution in [2.24, 2.45) is 5.73 Å². The molecule has 2 aromatic rings. The van der Waals surface area contributed by atoms with Gasteiger partial charge in [0.15, 0.2) is 0 Å². The van der Waals surface area contributed by atoms with Gasteiger partial charge in [-0.15, -0.1) is 0 Å². The van der Waals surface area contributed by atoms with E-state index in [0.717, 1.165) is 17.7 Å². The van der Waals surface area contributed by atoms with Crippen LogP contribution in [0.5, 0.6) is 10.9 Å². The van der Waals surface area contributed by atoms with Crippen LogP contribution in [0.4, 0.5) is 4.79 Å². The predicted molar refractivity (Wildman–Crippen MR) is 87.6 cm³/mol. The van der Waals surface area contributed by atoms with Crippen LogP contribution in [0.3, 0.4) is 0 Å². The van der Waals surface area contributed by atoms with Crippen molar-refractivity contribution < 1.29 is 19.0 Å². The molecule has 1 aromatic heterocycles. The number of halogens is 1. The molecule has 2 rings (SSSR count). The van der Waals surface area contributed by atoms with Gasteiger partial charge in [0.1, 0.15) is 10.8 Å². The molecule has 1 heterocycles. The lowest BCUT2D eigenvalue weighted by Crippen LogP contribution is -2.15. The highest BCUT2D eigenvalue weighted by Crippen LogP contribution is 2.27. The first kappa shape index (κ1) is 16.7. The molecule has 0 saturated carbocycles. The summed E-state index contributed by atoms with van der Waals surface area (Å²) in [5, 5.41) is 2.01. The Morgan fingerprint density at radius 2 is 2.14 bits per heavy atom. The van der Waals surface area contributed by atoms with Crippen molar-refractivity contribution in [2.75, 3.05) is 13.7 Å². The number of aromatic nitrogens is 1. The monoisotopic (exact) mass is 386 g/mol. The molecule has 0 radical (unpaired) electrons. The summed E-state index contributed by atoms with van der Waals surface area (Å²) in [6.07, 6.45) is -0.121. The number of primary amides is 1. The van der Waals surface area contributed by atoms with Crippen molar-refractivity contribution >= 4 is 33.4 Å². The number of thiazole rings is 1. The second kappa shape index (κ2) is 8.11. The zero-order valence-corrected chi connectivity index (χ0v) is 14.2. The molecule has 1 amide bonds. The number of rotatable bonds is 7. The molecule has 0 bridgehead atoms. The van der Waals surface area contributed by atoms with Crippen LogP contribution in [0.25, 0.3) is 11.3 Å². The van der Waals surface area contributed by atoms with E-state index >= 15 is 0 Å². The number of carbonyl (C=O) groups is 1. The Morgan fingerprint density at radius 1 is 1.41 bits per heavy atom. The van der Waals surface area contributed by atoms with Crippen LogP contribution in [0.2, 0.25) is 0 Å². The van der Waals surface area contributed by atoms with E-state index in [4.69, 9.17) is 19.9 Å². The maximum Gasteiger partial charge on any atom is 0.411 e. The summed E-state index contributed by atoms with van der Waals surface area (Å²) >= 11 is 4.57. The molecule has 0 aliphatic heterocycles. The van der Waals surface area contributed by atoms with Crippen molar-refractivity contribution in [3.05, 3.63) is 29.6 Å². The average molecular weight is 387 g/mol. The average Bonchev–Trinajstić information content (AvgIpc) is 2.95. The van der Waals surface area contributed by atoms with Gasteiger partial charge in [-0.2, -0.15) is 0 Å². The number of amides is 1. The molecule has 1 atom stereocenters. The lowest BCUT2D eigenvalue weighted by atomic mass is 10.2. The van der Waals surface area contributed by atoms with E-state index in [0.29, 0.717) is 12.3 Å².